The summed E-state index contributed by atoms with van der Waals surface area (Å²) in [6.07, 6.45) is 5.59. The van der Waals surface area contributed by atoms with Gasteiger partial charge < -0.3 is 15.6 Å². The number of carbonyl (C=O) groups is 1. The Labute approximate surface area is 102 Å². The van der Waals surface area contributed by atoms with Crippen molar-refractivity contribution in [3.05, 3.63) is 24.0 Å². The van der Waals surface area contributed by atoms with Crippen LogP contribution in [0, 0.1) is 5.92 Å². The SMILES string of the molecule is O=C(CCCc1ccc[nH]1)NCC1CCNC1. The first kappa shape index (κ1) is 12.2. The number of rotatable bonds is 6. The Hall–Kier alpha value is -1.29. The van der Waals surface area contributed by atoms with Crippen molar-refractivity contribution in [3.63, 3.8) is 0 Å². The van der Waals surface area contributed by atoms with Gasteiger partial charge in [-0.25, -0.2) is 0 Å². The van der Waals surface area contributed by atoms with E-state index in [-0.39, 0.29) is 5.91 Å². The molecular weight excluding hydrogens is 214 g/mol. The number of H-pyrrole nitrogens is 1. The molecule has 1 saturated heterocycles. The van der Waals surface area contributed by atoms with Crippen molar-refractivity contribution in [2.24, 2.45) is 5.92 Å². The smallest absolute Gasteiger partial charge is 0.220 e. The summed E-state index contributed by atoms with van der Waals surface area (Å²) in [5.41, 5.74) is 1.21. The maximum atomic E-state index is 11.6. The predicted octanol–water partition coefficient (Wildman–Crippen LogP) is 1.06. The molecule has 2 rings (SSSR count). The molecule has 0 radical (unpaired) electrons. The molecule has 0 aliphatic carbocycles. The second-order valence-electron chi connectivity index (χ2n) is 4.71. The normalized spacial score (nSPS) is 19.4. The fourth-order valence-electron chi connectivity index (χ4n) is 2.20. The highest BCUT2D eigenvalue weighted by atomic mass is 16.1. The maximum Gasteiger partial charge on any atom is 0.220 e. The van der Waals surface area contributed by atoms with Crippen LogP contribution in [0.25, 0.3) is 0 Å². The minimum absolute atomic E-state index is 0.184. The van der Waals surface area contributed by atoms with Crippen LogP contribution in [0.4, 0.5) is 0 Å². The highest BCUT2D eigenvalue weighted by molar-refractivity contribution is 5.75. The van der Waals surface area contributed by atoms with Gasteiger partial charge in [-0.15, -0.1) is 0 Å². The second kappa shape index (κ2) is 6.45. The number of nitrogens with one attached hydrogen (secondary N) is 3. The van der Waals surface area contributed by atoms with Gasteiger partial charge in [-0.2, -0.15) is 0 Å². The third kappa shape index (κ3) is 4.23. The van der Waals surface area contributed by atoms with E-state index in [1.54, 1.807) is 0 Å². The predicted molar refractivity (Wildman–Crippen MR) is 67.7 cm³/mol. The van der Waals surface area contributed by atoms with E-state index >= 15 is 0 Å². The zero-order valence-electron chi connectivity index (χ0n) is 10.2. The number of hydrogen-bond donors (Lipinski definition) is 3. The topological polar surface area (TPSA) is 56.9 Å². The molecule has 1 aromatic heterocycles. The molecular formula is C13H21N3O. The van der Waals surface area contributed by atoms with Gasteiger partial charge in [0.05, 0.1) is 0 Å². The van der Waals surface area contributed by atoms with E-state index in [2.05, 4.69) is 21.7 Å². The molecule has 1 aliphatic heterocycles. The number of amides is 1. The average Bonchev–Trinajstić information content (AvgIpc) is 2.99. The van der Waals surface area contributed by atoms with Crippen molar-refractivity contribution in [1.29, 1.82) is 0 Å². The first-order valence-corrected chi connectivity index (χ1v) is 6.44. The molecule has 3 N–H and O–H groups in total. The fraction of sp³-hybridized carbons (Fsp3) is 0.615. The van der Waals surface area contributed by atoms with Crippen LogP contribution < -0.4 is 10.6 Å². The van der Waals surface area contributed by atoms with Crippen molar-refractivity contribution < 1.29 is 4.79 Å². The molecule has 17 heavy (non-hydrogen) atoms. The summed E-state index contributed by atoms with van der Waals surface area (Å²) >= 11 is 0. The van der Waals surface area contributed by atoms with Gasteiger partial charge in [0.15, 0.2) is 0 Å². The summed E-state index contributed by atoms with van der Waals surface area (Å²) in [5.74, 6) is 0.811. The molecule has 4 heteroatoms. The van der Waals surface area contributed by atoms with Crippen LogP contribution in [0.15, 0.2) is 18.3 Å². The number of aromatic nitrogens is 1. The zero-order chi connectivity index (χ0) is 11.9. The zero-order valence-corrected chi connectivity index (χ0v) is 10.2. The first-order chi connectivity index (χ1) is 8.34. The monoisotopic (exact) mass is 235 g/mol. The van der Waals surface area contributed by atoms with Crippen LogP contribution in [0.3, 0.4) is 0 Å². The summed E-state index contributed by atoms with van der Waals surface area (Å²) in [6.45, 7) is 2.96. The summed E-state index contributed by atoms with van der Waals surface area (Å²) in [6, 6.07) is 4.05. The van der Waals surface area contributed by atoms with Crippen LogP contribution >= 0.6 is 0 Å². The van der Waals surface area contributed by atoms with E-state index in [0.29, 0.717) is 12.3 Å². The van der Waals surface area contributed by atoms with E-state index in [1.807, 2.05) is 12.3 Å². The molecule has 94 valence electrons. The van der Waals surface area contributed by atoms with Gasteiger partial charge in [0.1, 0.15) is 0 Å². The Morgan fingerprint density at radius 2 is 2.47 bits per heavy atom. The third-order valence-electron chi connectivity index (χ3n) is 3.26. The van der Waals surface area contributed by atoms with Gasteiger partial charge in [-0.3, -0.25) is 4.79 Å². The molecule has 1 amide bonds. The van der Waals surface area contributed by atoms with E-state index in [4.69, 9.17) is 0 Å². The van der Waals surface area contributed by atoms with E-state index in [1.165, 1.54) is 12.1 Å². The highest BCUT2D eigenvalue weighted by Gasteiger charge is 2.14. The second-order valence-corrected chi connectivity index (χ2v) is 4.71. The lowest BCUT2D eigenvalue weighted by Crippen LogP contribution is -2.30. The molecule has 4 nitrogen and oxygen atoms in total. The van der Waals surface area contributed by atoms with Crippen molar-refractivity contribution in [1.82, 2.24) is 15.6 Å². The highest BCUT2D eigenvalue weighted by Crippen LogP contribution is 2.06. The van der Waals surface area contributed by atoms with Crippen LogP contribution in [-0.4, -0.2) is 30.5 Å². The van der Waals surface area contributed by atoms with Crippen molar-refractivity contribution in [2.45, 2.75) is 25.7 Å². The summed E-state index contributed by atoms with van der Waals surface area (Å²) < 4.78 is 0. The number of carbonyl (C=O) groups excluding carboxylic acids is 1. The van der Waals surface area contributed by atoms with Gasteiger partial charge in [-0.05, 0) is 50.4 Å². The molecule has 1 aliphatic rings. The Bertz CT molecular complexity index is 328. The molecule has 1 fully saturated rings. The molecule has 0 bridgehead atoms. The van der Waals surface area contributed by atoms with E-state index in [0.717, 1.165) is 32.5 Å². The quantitative estimate of drug-likeness (QED) is 0.690. The third-order valence-corrected chi connectivity index (χ3v) is 3.26. The molecule has 1 atom stereocenters. The summed E-state index contributed by atoms with van der Waals surface area (Å²) in [4.78, 5) is 14.7. The Balaban J connectivity index is 1.54. The lowest BCUT2D eigenvalue weighted by Gasteiger charge is -2.09. The number of aromatic amines is 1. The lowest BCUT2D eigenvalue weighted by molar-refractivity contribution is -0.121. The van der Waals surface area contributed by atoms with E-state index < -0.39 is 0 Å². The Morgan fingerprint density at radius 1 is 1.53 bits per heavy atom. The van der Waals surface area contributed by atoms with Crippen molar-refractivity contribution >= 4 is 5.91 Å². The summed E-state index contributed by atoms with van der Waals surface area (Å²) in [5, 5.41) is 6.32. The Kier molecular flexibility index (Phi) is 4.62. The van der Waals surface area contributed by atoms with Gasteiger partial charge >= 0.3 is 0 Å². The van der Waals surface area contributed by atoms with Gasteiger partial charge in [0.25, 0.3) is 0 Å². The maximum absolute atomic E-state index is 11.6. The first-order valence-electron chi connectivity index (χ1n) is 6.44. The van der Waals surface area contributed by atoms with Crippen LogP contribution in [0.5, 0.6) is 0 Å². The van der Waals surface area contributed by atoms with Crippen LogP contribution in [0.2, 0.25) is 0 Å². The van der Waals surface area contributed by atoms with Crippen LogP contribution in [-0.2, 0) is 11.2 Å². The molecule has 2 heterocycles. The number of hydrogen-bond acceptors (Lipinski definition) is 2. The van der Waals surface area contributed by atoms with Gasteiger partial charge in [-0.1, -0.05) is 0 Å². The van der Waals surface area contributed by atoms with Gasteiger partial charge in [0.2, 0.25) is 5.91 Å². The van der Waals surface area contributed by atoms with Crippen LogP contribution in [0.1, 0.15) is 25.0 Å². The molecule has 1 unspecified atom stereocenters. The molecule has 1 aromatic rings. The minimum atomic E-state index is 0.184. The number of aryl methyl sites for hydroxylation is 1. The fourth-order valence-corrected chi connectivity index (χ4v) is 2.20. The Morgan fingerprint density at radius 3 is 3.18 bits per heavy atom. The molecule has 0 saturated carbocycles. The average molecular weight is 235 g/mol. The van der Waals surface area contributed by atoms with Crippen molar-refractivity contribution in [2.75, 3.05) is 19.6 Å². The lowest BCUT2D eigenvalue weighted by atomic mass is 10.1. The van der Waals surface area contributed by atoms with E-state index in [9.17, 15) is 4.79 Å². The van der Waals surface area contributed by atoms with Gasteiger partial charge in [0, 0.05) is 24.9 Å². The largest absolute Gasteiger partial charge is 0.365 e. The molecule has 0 spiro atoms. The summed E-state index contributed by atoms with van der Waals surface area (Å²) in [7, 11) is 0. The minimum Gasteiger partial charge on any atom is -0.365 e. The van der Waals surface area contributed by atoms with Crippen molar-refractivity contribution in [3.8, 4) is 0 Å². The molecule has 0 aromatic carbocycles. The standard InChI is InChI=1S/C13H21N3O/c17-13(16-10-11-6-8-14-9-11)5-1-3-12-4-2-7-15-12/h2,4,7,11,14-15H,1,3,5-6,8-10H2,(H,16,17).